The number of cyclic esters (lactones) is 2. The van der Waals surface area contributed by atoms with Crippen LogP contribution < -0.4 is 15.4 Å². The van der Waals surface area contributed by atoms with Crippen LogP contribution in [0, 0.1) is 11.3 Å². The summed E-state index contributed by atoms with van der Waals surface area (Å²) in [6.45, 7) is 11.5. The SMILES string of the molecule is C=CCOC(=O)C[C@@H]1OC(=O)C(C)(C)CNC(=O)[C@@H](Cc2ccc(OC)c(Cl)c2)NC(=O)/C=C/C[C@@H]([C@H](C)[C@H]2OC(C)(C)O[C@@H]2c2ccccc2)OC1=O. The molecular formula is C40H49ClN2O11. The van der Waals surface area contributed by atoms with Crippen molar-refractivity contribution in [3.63, 3.8) is 0 Å². The molecule has 2 amide bonds. The van der Waals surface area contributed by atoms with Crippen LogP contribution in [-0.4, -0.2) is 80.1 Å². The van der Waals surface area contributed by atoms with E-state index in [1.165, 1.54) is 39.2 Å². The molecule has 0 spiro atoms. The van der Waals surface area contributed by atoms with Crippen molar-refractivity contribution in [2.24, 2.45) is 11.3 Å². The van der Waals surface area contributed by atoms with Crippen LogP contribution in [0.25, 0.3) is 0 Å². The molecule has 0 saturated carbocycles. The number of carbonyl (C=O) groups is 5. The minimum atomic E-state index is -1.70. The van der Waals surface area contributed by atoms with E-state index in [9.17, 15) is 24.0 Å². The first-order valence-corrected chi connectivity index (χ1v) is 18.1. The van der Waals surface area contributed by atoms with Gasteiger partial charge in [0, 0.05) is 25.3 Å². The number of hydrogen-bond acceptors (Lipinski definition) is 11. The quantitative estimate of drug-likeness (QED) is 0.191. The van der Waals surface area contributed by atoms with E-state index in [-0.39, 0.29) is 26.0 Å². The molecule has 292 valence electrons. The molecule has 0 unspecified atom stereocenters. The molecule has 2 aromatic carbocycles. The van der Waals surface area contributed by atoms with Gasteiger partial charge in [-0.15, -0.1) is 0 Å². The average molecular weight is 769 g/mol. The molecule has 0 aromatic heterocycles. The molecule has 4 rings (SSSR count). The van der Waals surface area contributed by atoms with Crippen molar-refractivity contribution in [1.82, 2.24) is 10.6 Å². The number of hydrogen-bond donors (Lipinski definition) is 2. The molecule has 1 fully saturated rings. The standard InChI is InChI=1S/C40H49ClN2O11/c1-8-19-50-33(45)22-31-37(47)51-29(24(2)34-35(54-40(5,6)53-34)26-13-10-9-11-14-26)15-12-16-32(44)43-28(21-25-17-18-30(49-7)27(41)20-25)36(46)42-23-39(3,4)38(48)52-31/h8-14,16-18,20,24,28-29,31,34-35H,1,15,19,21-23H2,2-7H3,(H,42,46)(H,43,44)/b16-12+/t24-,28+,29-,31-,34+,35+/m0/s1. The van der Waals surface area contributed by atoms with Crippen LogP contribution in [0.2, 0.25) is 5.02 Å². The summed E-state index contributed by atoms with van der Waals surface area (Å²) in [6.07, 6.45) is -0.312. The fourth-order valence-electron chi connectivity index (χ4n) is 6.02. The van der Waals surface area contributed by atoms with Crippen LogP contribution in [-0.2, 0) is 54.1 Å². The Kier molecular flexibility index (Phi) is 14.4. The van der Waals surface area contributed by atoms with E-state index in [1.807, 2.05) is 37.3 Å². The zero-order valence-corrected chi connectivity index (χ0v) is 32.2. The lowest BCUT2D eigenvalue weighted by molar-refractivity contribution is -0.183. The Bertz CT molecular complexity index is 1710. The predicted molar refractivity (Wildman–Crippen MR) is 198 cm³/mol. The number of halogens is 1. The summed E-state index contributed by atoms with van der Waals surface area (Å²) >= 11 is 6.34. The first kappa shape index (κ1) is 42.0. The smallest absolute Gasteiger partial charge is 0.348 e. The summed E-state index contributed by atoms with van der Waals surface area (Å²) in [5.41, 5.74) is 0.0838. The van der Waals surface area contributed by atoms with Gasteiger partial charge in [-0.25, -0.2) is 4.79 Å². The molecule has 2 aromatic rings. The lowest BCUT2D eigenvalue weighted by Crippen LogP contribution is -2.51. The minimum absolute atomic E-state index is 0.000145. The summed E-state index contributed by atoms with van der Waals surface area (Å²) < 4.78 is 34.7. The van der Waals surface area contributed by atoms with Gasteiger partial charge in [-0.1, -0.05) is 73.7 Å². The van der Waals surface area contributed by atoms with Gasteiger partial charge >= 0.3 is 17.9 Å². The Balaban J connectivity index is 1.70. The van der Waals surface area contributed by atoms with E-state index in [0.717, 1.165) is 5.56 Å². The second kappa shape index (κ2) is 18.5. The molecule has 14 heteroatoms. The van der Waals surface area contributed by atoms with Crippen molar-refractivity contribution in [2.45, 2.75) is 90.1 Å². The fraction of sp³-hybridized carbons (Fsp3) is 0.475. The second-order valence-corrected chi connectivity index (χ2v) is 14.7. The van der Waals surface area contributed by atoms with Crippen LogP contribution >= 0.6 is 11.6 Å². The molecule has 2 aliphatic rings. The van der Waals surface area contributed by atoms with Crippen LogP contribution in [0.15, 0.2) is 73.3 Å². The molecule has 0 bridgehead atoms. The Morgan fingerprint density at radius 3 is 2.44 bits per heavy atom. The molecule has 13 nitrogen and oxygen atoms in total. The molecule has 2 aliphatic heterocycles. The number of nitrogens with one attached hydrogen (secondary N) is 2. The molecule has 6 atom stereocenters. The third-order valence-electron chi connectivity index (χ3n) is 9.04. The van der Waals surface area contributed by atoms with Gasteiger partial charge in [-0.2, -0.15) is 0 Å². The van der Waals surface area contributed by atoms with Crippen molar-refractivity contribution >= 4 is 41.3 Å². The van der Waals surface area contributed by atoms with Gasteiger partial charge in [0.05, 0.1) is 30.1 Å². The number of benzene rings is 2. The largest absolute Gasteiger partial charge is 0.495 e. The maximum absolute atomic E-state index is 13.9. The number of ether oxygens (including phenoxy) is 6. The summed E-state index contributed by atoms with van der Waals surface area (Å²) in [5.74, 6) is -5.01. The van der Waals surface area contributed by atoms with Gasteiger partial charge in [-0.3, -0.25) is 19.2 Å². The number of amides is 2. The van der Waals surface area contributed by atoms with Crippen molar-refractivity contribution in [3.05, 3.63) is 89.5 Å². The first-order valence-electron chi connectivity index (χ1n) is 17.7. The summed E-state index contributed by atoms with van der Waals surface area (Å²) in [4.78, 5) is 67.1. The molecule has 1 saturated heterocycles. The lowest BCUT2D eigenvalue weighted by Gasteiger charge is -2.32. The topological polar surface area (TPSA) is 165 Å². The lowest BCUT2D eigenvalue weighted by atomic mass is 9.89. The normalized spacial score (nSPS) is 25.9. The highest BCUT2D eigenvalue weighted by molar-refractivity contribution is 6.32. The van der Waals surface area contributed by atoms with Gasteiger partial charge in [0.2, 0.25) is 17.9 Å². The molecule has 0 aliphatic carbocycles. The summed E-state index contributed by atoms with van der Waals surface area (Å²) in [7, 11) is 1.48. The molecule has 2 N–H and O–H groups in total. The van der Waals surface area contributed by atoms with Gasteiger partial charge in [-0.05, 0) is 57.0 Å². The van der Waals surface area contributed by atoms with Crippen molar-refractivity contribution in [3.8, 4) is 5.75 Å². The number of rotatable bonds is 10. The van der Waals surface area contributed by atoms with Crippen LogP contribution in [0.4, 0.5) is 0 Å². The van der Waals surface area contributed by atoms with E-state index >= 15 is 0 Å². The summed E-state index contributed by atoms with van der Waals surface area (Å²) in [6, 6.07) is 13.4. The highest BCUT2D eigenvalue weighted by Gasteiger charge is 2.47. The van der Waals surface area contributed by atoms with E-state index in [0.29, 0.717) is 16.3 Å². The van der Waals surface area contributed by atoms with E-state index in [1.54, 1.807) is 32.0 Å². The fourth-order valence-corrected chi connectivity index (χ4v) is 6.30. The van der Waals surface area contributed by atoms with Crippen LogP contribution in [0.1, 0.15) is 64.7 Å². The Morgan fingerprint density at radius 1 is 1.06 bits per heavy atom. The van der Waals surface area contributed by atoms with Gasteiger partial charge in [0.25, 0.3) is 0 Å². The molecule has 2 heterocycles. The van der Waals surface area contributed by atoms with E-state index < -0.39 is 83.7 Å². The minimum Gasteiger partial charge on any atom is -0.495 e. The zero-order valence-electron chi connectivity index (χ0n) is 31.4. The van der Waals surface area contributed by atoms with Crippen molar-refractivity contribution < 1.29 is 52.4 Å². The van der Waals surface area contributed by atoms with Crippen LogP contribution in [0.5, 0.6) is 5.75 Å². The zero-order chi connectivity index (χ0) is 39.6. The predicted octanol–water partition coefficient (Wildman–Crippen LogP) is 4.95. The Labute approximate surface area is 320 Å². The third kappa shape index (κ3) is 11.4. The maximum atomic E-state index is 13.9. The molecule has 0 radical (unpaired) electrons. The van der Waals surface area contributed by atoms with Crippen molar-refractivity contribution in [2.75, 3.05) is 20.3 Å². The monoisotopic (exact) mass is 768 g/mol. The van der Waals surface area contributed by atoms with Crippen molar-refractivity contribution in [1.29, 1.82) is 0 Å². The number of methoxy groups -OCH3 is 1. The highest BCUT2D eigenvalue weighted by Crippen LogP contribution is 2.43. The average Bonchev–Trinajstić information content (AvgIpc) is 3.46. The molecular weight excluding hydrogens is 720 g/mol. The number of carbonyl (C=O) groups excluding carboxylic acids is 5. The van der Waals surface area contributed by atoms with Crippen LogP contribution in [0.3, 0.4) is 0 Å². The highest BCUT2D eigenvalue weighted by atomic mass is 35.5. The Hall–Kier alpha value is -4.72. The van der Waals surface area contributed by atoms with E-state index in [2.05, 4.69) is 17.2 Å². The Morgan fingerprint density at radius 2 is 1.78 bits per heavy atom. The van der Waals surface area contributed by atoms with E-state index in [4.69, 9.17) is 40.0 Å². The number of esters is 3. The van der Waals surface area contributed by atoms with Gasteiger partial charge in [0.1, 0.15) is 30.6 Å². The second-order valence-electron chi connectivity index (χ2n) is 14.3. The van der Waals surface area contributed by atoms with Gasteiger partial charge in [0.15, 0.2) is 5.79 Å². The summed E-state index contributed by atoms with van der Waals surface area (Å²) in [5, 5.41) is 5.77. The molecule has 54 heavy (non-hydrogen) atoms. The van der Waals surface area contributed by atoms with Gasteiger partial charge < -0.3 is 39.1 Å². The first-order chi connectivity index (χ1) is 25.5. The third-order valence-corrected chi connectivity index (χ3v) is 9.33. The maximum Gasteiger partial charge on any atom is 0.348 e.